The van der Waals surface area contributed by atoms with Crippen LogP contribution in [0.25, 0.3) is 0 Å². The number of hydrogen-bond acceptors (Lipinski definition) is 4. The van der Waals surface area contributed by atoms with Crippen molar-refractivity contribution >= 4 is 22.6 Å². The standard InChI is InChI=1S/C25H28IN3O2/c1-2-3-9-20-10-11-21(12-23(20)26)25(24-13-27-17-28-24)29(15-22-16-30-18-31-22)14-19-7-5-4-6-8-19/h4-8,10-13,16-17,25H,2-3,9,14-15,18H2,1H3,(H,27,28). The van der Waals surface area contributed by atoms with E-state index in [0.717, 1.165) is 24.4 Å². The van der Waals surface area contributed by atoms with Crippen molar-refractivity contribution in [3.63, 3.8) is 0 Å². The van der Waals surface area contributed by atoms with Crippen LogP contribution in [0, 0.1) is 3.57 Å². The fourth-order valence-corrected chi connectivity index (χ4v) is 4.73. The van der Waals surface area contributed by atoms with Crippen molar-refractivity contribution in [1.29, 1.82) is 0 Å². The molecule has 0 saturated carbocycles. The molecule has 4 rings (SSSR count). The number of nitrogens with one attached hydrogen (secondary N) is 1. The summed E-state index contributed by atoms with van der Waals surface area (Å²) in [6, 6.07) is 17.4. The van der Waals surface area contributed by atoms with E-state index < -0.39 is 0 Å². The van der Waals surface area contributed by atoms with Crippen molar-refractivity contribution in [3.05, 3.63) is 99.0 Å². The number of imidazole rings is 1. The Morgan fingerprint density at radius 2 is 2.03 bits per heavy atom. The maximum atomic E-state index is 5.68. The predicted octanol–water partition coefficient (Wildman–Crippen LogP) is 5.79. The Kier molecular flexibility index (Phi) is 7.64. The maximum absolute atomic E-state index is 5.68. The van der Waals surface area contributed by atoms with E-state index in [1.54, 1.807) is 12.6 Å². The van der Waals surface area contributed by atoms with Gasteiger partial charge in [-0.15, -0.1) is 0 Å². The molecule has 1 N–H and O–H groups in total. The van der Waals surface area contributed by atoms with Gasteiger partial charge in [-0.2, -0.15) is 0 Å². The first-order chi connectivity index (χ1) is 15.2. The fraction of sp³-hybridized carbons (Fsp3) is 0.320. The minimum Gasteiger partial charge on any atom is -0.462 e. The van der Waals surface area contributed by atoms with Gasteiger partial charge in [0, 0.05) is 16.3 Å². The molecule has 1 atom stereocenters. The van der Waals surface area contributed by atoms with E-state index in [1.165, 1.54) is 33.1 Å². The molecule has 0 saturated heterocycles. The van der Waals surface area contributed by atoms with Crippen LogP contribution in [0.2, 0.25) is 0 Å². The van der Waals surface area contributed by atoms with Crippen molar-refractivity contribution in [2.24, 2.45) is 0 Å². The summed E-state index contributed by atoms with van der Waals surface area (Å²) in [4.78, 5) is 10.1. The number of rotatable bonds is 10. The SMILES string of the molecule is CCCCc1ccc(C(c2cnc[nH]2)N(CC2=COCO2)Cc2ccccc2)cc1I. The molecular formula is C25H28IN3O2. The zero-order valence-corrected chi connectivity index (χ0v) is 19.9. The third-order valence-electron chi connectivity index (χ3n) is 5.49. The molecule has 1 aliphatic heterocycles. The van der Waals surface area contributed by atoms with Gasteiger partial charge in [-0.05, 0) is 58.2 Å². The van der Waals surface area contributed by atoms with Crippen LogP contribution in [0.5, 0.6) is 0 Å². The number of aromatic nitrogens is 2. The Morgan fingerprint density at radius 3 is 2.71 bits per heavy atom. The minimum atomic E-state index is 0.0153. The molecule has 6 heteroatoms. The average Bonchev–Trinajstić information content (AvgIpc) is 3.49. The van der Waals surface area contributed by atoms with Crippen molar-refractivity contribution < 1.29 is 9.47 Å². The Hall–Kier alpha value is -2.32. The van der Waals surface area contributed by atoms with Gasteiger partial charge in [0.1, 0.15) is 12.0 Å². The van der Waals surface area contributed by atoms with E-state index in [4.69, 9.17) is 9.47 Å². The van der Waals surface area contributed by atoms with Crippen molar-refractivity contribution in [3.8, 4) is 0 Å². The molecule has 2 aromatic carbocycles. The maximum Gasteiger partial charge on any atom is 0.229 e. The van der Waals surface area contributed by atoms with Crippen molar-refractivity contribution in [1.82, 2.24) is 14.9 Å². The highest BCUT2D eigenvalue weighted by molar-refractivity contribution is 14.1. The van der Waals surface area contributed by atoms with Gasteiger partial charge in [-0.3, -0.25) is 4.90 Å². The Labute approximate surface area is 197 Å². The summed E-state index contributed by atoms with van der Waals surface area (Å²) >= 11 is 2.47. The van der Waals surface area contributed by atoms with Crippen LogP contribution >= 0.6 is 22.6 Å². The molecule has 0 radical (unpaired) electrons. The lowest BCUT2D eigenvalue weighted by Crippen LogP contribution is -2.31. The summed E-state index contributed by atoms with van der Waals surface area (Å²) < 4.78 is 12.3. The number of nitrogens with zero attached hydrogens (tertiary/aromatic N) is 2. The highest BCUT2D eigenvalue weighted by Crippen LogP contribution is 2.32. The second-order valence-corrected chi connectivity index (χ2v) is 8.93. The zero-order chi connectivity index (χ0) is 21.5. The quantitative estimate of drug-likeness (QED) is 0.338. The van der Waals surface area contributed by atoms with Crippen LogP contribution in [0.15, 0.2) is 73.1 Å². The number of aryl methyl sites for hydroxylation is 1. The number of halogens is 1. The van der Waals surface area contributed by atoms with E-state index in [0.29, 0.717) is 6.54 Å². The smallest absolute Gasteiger partial charge is 0.229 e. The Morgan fingerprint density at radius 1 is 1.16 bits per heavy atom. The first-order valence-corrected chi connectivity index (χ1v) is 11.8. The van der Waals surface area contributed by atoms with E-state index in [9.17, 15) is 0 Å². The first kappa shape index (κ1) is 21.9. The molecule has 1 aromatic heterocycles. The summed E-state index contributed by atoms with van der Waals surface area (Å²) in [5.41, 5.74) is 4.97. The topological polar surface area (TPSA) is 50.4 Å². The van der Waals surface area contributed by atoms with Crippen LogP contribution in [-0.4, -0.2) is 28.2 Å². The number of ether oxygens (including phenoxy) is 2. The van der Waals surface area contributed by atoms with Crippen LogP contribution < -0.4 is 0 Å². The molecule has 0 amide bonds. The summed E-state index contributed by atoms with van der Waals surface area (Å²) in [5.74, 6) is 0.842. The highest BCUT2D eigenvalue weighted by atomic mass is 127. The number of H-pyrrole nitrogens is 1. The molecule has 0 spiro atoms. The Balaban J connectivity index is 1.70. The molecule has 31 heavy (non-hydrogen) atoms. The third-order valence-corrected chi connectivity index (χ3v) is 6.49. The van der Waals surface area contributed by atoms with Gasteiger partial charge in [0.25, 0.3) is 0 Å². The lowest BCUT2D eigenvalue weighted by molar-refractivity contribution is 0.0691. The van der Waals surface area contributed by atoms with Crippen LogP contribution in [0.4, 0.5) is 0 Å². The molecule has 3 aromatic rings. The van der Waals surface area contributed by atoms with Crippen LogP contribution in [0.3, 0.4) is 0 Å². The highest BCUT2D eigenvalue weighted by Gasteiger charge is 2.27. The van der Waals surface area contributed by atoms with Crippen LogP contribution in [-0.2, 0) is 22.4 Å². The first-order valence-electron chi connectivity index (χ1n) is 10.7. The van der Waals surface area contributed by atoms with E-state index >= 15 is 0 Å². The fourth-order valence-electron chi connectivity index (χ4n) is 3.92. The number of hydrogen-bond donors (Lipinski definition) is 1. The number of benzene rings is 2. The summed E-state index contributed by atoms with van der Waals surface area (Å²) in [6.07, 6.45) is 8.93. The number of aromatic amines is 1. The van der Waals surface area contributed by atoms with Crippen molar-refractivity contribution in [2.75, 3.05) is 13.3 Å². The summed E-state index contributed by atoms with van der Waals surface area (Å²) in [5, 5.41) is 0. The average molecular weight is 529 g/mol. The van der Waals surface area contributed by atoms with Gasteiger partial charge in [0.2, 0.25) is 6.79 Å². The third kappa shape index (κ3) is 5.68. The van der Waals surface area contributed by atoms with Gasteiger partial charge in [-0.1, -0.05) is 55.8 Å². The second kappa shape index (κ2) is 10.8. The largest absolute Gasteiger partial charge is 0.462 e. The molecule has 1 unspecified atom stereocenters. The summed E-state index contributed by atoms with van der Waals surface area (Å²) in [7, 11) is 0. The van der Waals surface area contributed by atoms with Crippen LogP contribution in [0.1, 0.15) is 48.2 Å². The minimum absolute atomic E-state index is 0.0153. The molecule has 0 bridgehead atoms. The second-order valence-electron chi connectivity index (χ2n) is 7.77. The van der Waals surface area contributed by atoms with Gasteiger partial charge < -0.3 is 14.5 Å². The lowest BCUT2D eigenvalue weighted by Gasteiger charge is -2.31. The van der Waals surface area contributed by atoms with E-state index in [-0.39, 0.29) is 12.8 Å². The normalized spacial score (nSPS) is 14.2. The molecule has 0 fully saturated rings. The van der Waals surface area contributed by atoms with Gasteiger partial charge in [0.05, 0.1) is 24.6 Å². The van der Waals surface area contributed by atoms with Gasteiger partial charge in [0.15, 0.2) is 0 Å². The molecule has 2 heterocycles. The number of unbranched alkanes of at least 4 members (excludes halogenated alkanes) is 1. The van der Waals surface area contributed by atoms with Gasteiger partial charge >= 0.3 is 0 Å². The lowest BCUT2D eigenvalue weighted by atomic mass is 9.98. The van der Waals surface area contributed by atoms with Crippen molar-refractivity contribution in [2.45, 2.75) is 38.8 Å². The van der Waals surface area contributed by atoms with Gasteiger partial charge in [-0.25, -0.2) is 4.98 Å². The van der Waals surface area contributed by atoms with E-state index in [2.05, 4.69) is 86.8 Å². The predicted molar refractivity (Wildman–Crippen MR) is 130 cm³/mol. The van der Waals surface area contributed by atoms with E-state index in [1.807, 2.05) is 12.3 Å². The molecule has 162 valence electrons. The molecular weight excluding hydrogens is 501 g/mol. The Bertz CT molecular complexity index is 989. The molecule has 0 aliphatic carbocycles. The zero-order valence-electron chi connectivity index (χ0n) is 17.8. The molecule has 5 nitrogen and oxygen atoms in total. The monoisotopic (exact) mass is 529 g/mol. The molecule has 1 aliphatic rings. The summed E-state index contributed by atoms with van der Waals surface area (Å²) in [6.45, 7) is 3.94.